The van der Waals surface area contributed by atoms with Crippen LogP contribution in [-0.2, 0) is 7.05 Å². The van der Waals surface area contributed by atoms with Crippen molar-refractivity contribution >= 4 is 22.1 Å². The molecule has 0 radical (unpaired) electrons. The molecule has 0 unspecified atom stereocenters. The molecule has 0 bridgehead atoms. The van der Waals surface area contributed by atoms with E-state index in [1.807, 2.05) is 13.8 Å². The van der Waals surface area contributed by atoms with Crippen LogP contribution in [0, 0.1) is 5.82 Å². The molecule has 9 heteroatoms. The second-order valence-electron chi connectivity index (χ2n) is 7.34. The molecule has 156 valence electrons. The first-order chi connectivity index (χ1) is 14.4. The number of rotatable bonds is 6. The van der Waals surface area contributed by atoms with E-state index in [1.54, 1.807) is 29.8 Å². The fraction of sp³-hybridized carbons (Fsp3) is 0.333. The van der Waals surface area contributed by atoms with E-state index in [9.17, 15) is 9.18 Å². The predicted molar refractivity (Wildman–Crippen MR) is 111 cm³/mol. The zero-order valence-electron chi connectivity index (χ0n) is 17.0. The number of aryl methyl sites for hydroxylation is 1. The second-order valence-corrected chi connectivity index (χ2v) is 7.34. The third-order valence-electron chi connectivity index (χ3n) is 4.97. The Balaban J connectivity index is 1.87. The zero-order valence-corrected chi connectivity index (χ0v) is 17.0. The Hall–Kier alpha value is -3.33. The van der Waals surface area contributed by atoms with Crippen LogP contribution in [0.3, 0.4) is 0 Å². The number of hydrogen-bond donors (Lipinski definition) is 1. The van der Waals surface area contributed by atoms with Crippen LogP contribution in [-0.4, -0.2) is 42.6 Å². The van der Waals surface area contributed by atoms with E-state index in [4.69, 9.17) is 9.84 Å². The molecule has 0 saturated carbocycles. The van der Waals surface area contributed by atoms with Gasteiger partial charge in [-0.25, -0.2) is 14.2 Å². The number of aliphatic hydroxyl groups excluding tert-OH is 1. The quantitative estimate of drug-likeness (QED) is 0.490. The van der Waals surface area contributed by atoms with Gasteiger partial charge in [0.2, 0.25) is 5.88 Å². The van der Waals surface area contributed by atoms with E-state index in [1.165, 1.54) is 16.8 Å². The lowest BCUT2D eigenvalue weighted by Gasteiger charge is -2.10. The van der Waals surface area contributed by atoms with E-state index in [-0.39, 0.29) is 18.3 Å². The van der Waals surface area contributed by atoms with Gasteiger partial charge in [0.1, 0.15) is 11.3 Å². The number of fused-ring (bicyclic) bond motifs is 3. The van der Waals surface area contributed by atoms with Gasteiger partial charge in [-0.3, -0.25) is 9.13 Å². The van der Waals surface area contributed by atoms with Gasteiger partial charge in [-0.15, -0.1) is 10.2 Å². The molecule has 0 aliphatic carbocycles. The first kappa shape index (κ1) is 20.0. The summed E-state index contributed by atoms with van der Waals surface area (Å²) in [5, 5.41) is 17.7. The maximum atomic E-state index is 14.9. The van der Waals surface area contributed by atoms with Crippen molar-refractivity contribution in [1.82, 2.24) is 24.3 Å². The summed E-state index contributed by atoms with van der Waals surface area (Å²) in [5.74, 6) is -0.0559. The Kier molecular flexibility index (Phi) is 5.21. The summed E-state index contributed by atoms with van der Waals surface area (Å²) in [7, 11) is 1.65. The third-order valence-corrected chi connectivity index (χ3v) is 4.97. The number of halogens is 1. The highest BCUT2D eigenvalue weighted by molar-refractivity contribution is 6.02. The first-order valence-electron chi connectivity index (χ1n) is 9.69. The monoisotopic (exact) mass is 411 g/mol. The van der Waals surface area contributed by atoms with Gasteiger partial charge in [0.05, 0.1) is 12.1 Å². The van der Waals surface area contributed by atoms with Crippen LogP contribution in [0.5, 0.6) is 5.88 Å². The average molecular weight is 411 g/mol. The minimum absolute atomic E-state index is 0.0404. The minimum Gasteiger partial charge on any atom is -0.478 e. The van der Waals surface area contributed by atoms with Gasteiger partial charge in [0, 0.05) is 61.0 Å². The SMILES string of the molecule is CC(C)n1c(=O)n(C)c2nnc3cc(F)c(-c4ccc(OCCCO)nc4)cc3c21. The summed E-state index contributed by atoms with van der Waals surface area (Å²) in [6, 6.07) is 6.29. The van der Waals surface area contributed by atoms with Crippen LogP contribution < -0.4 is 10.4 Å². The molecule has 3 aromatic heterocycles. The van der Waals surface area contributed by atoms with Gasteiger partial charge >= 0.3 is 5.69 Å². The number of imidazole rings is 1. The van der Waals surface area contributed by atoms with Gasteiger partial charge in [-0.05, 0) is 26.0 Å². The van der Waals surface area contributed by atoms with Crippen molar-refractivity contribution in [2.24, 2.45) is 7.05 Å². The van der Waals surface area contributed by atoms with E-state index in [0.717, 1.165) is 0 Å². The second kappa shape index (κ2) is 7.83. The number of aromatic nitrogens is 5. The molecule has 4 aromatic rings. The first-order valence-corrected chi connectivity index (χ1v) is 9.69. The lowest BCUT2D eigenvalue weighted by atomic mass is 10.0. The fourth-order valence-electron chi connectivity index (χ4n) is 3.48. The molecule has 30 heavy (non-hydrogen) atoms. The highest BCUT2D eigenvalue weighted by Crippen LogP contribution is 2.31. The lowest BCUT2D eigenvalue weighted by Crippen LogP contribution is -2.23. The predicted octanol–water partition coefficient (Wildman–Crippen LogP) is 2.83. The fourth-order valence-corrected chi connectivity index (χ4v) is 3.48. The molecule has 4 rings (SSSR count). The molecule has 0 fully saturated rings. The van der Waals surface area contributed by atoms with Gasteiger partial charge in [0.15, 0.2) is 5.65 Å². The molecule has 0 atom stereocenters. The van der Waals surface area contributed by atoms with Crippen LogP contribution in [0.2, 0.25) is 0 Å². The Morgan fingerprint density at radius 2 is 2.03 bits per heavy atom. The highest BCUT2D eigenvalue weighted by atomic mass is 19.1. The van der Waals surface area contributed by atoms with Crippen LogP contribution in [0.25, 0.3) is 33.2 Å². The molecule has 0 spiro atoms. The van der Waals surface area contributed by atoms with Gasteiger partial charge in [-0.1, -0.05) is 0 Å². The van der Waals surface area contributed by atoms with Crippen molar-refractivity contribution in [2.75, 3.05) is 13.2 Å². The summed E-state index contributed by atoms with van der Waals surface area (Å²) in [4.78, 5) is 16.9. The lowest BCUT2D eigenvalue weighted by molar-refractivity contribution is 0.229. The molecule has 0 aliphatic rings. The summed E-state index contributed by atoms with van der Waals surface area (Å²) < 4.78 is 23.4. The molecule has 3 heterocycles. The van der Waals surface area contributed by atoms with Crippen molar-refractivity contribution in [3.63, 3.8) is 0 Å². The van der Waals surface area contributed by atoms with Crippen LogP contribution in [0.1, 0.15) is 26.3 Å². The molecular formula is C21H22FN5O3. The van der Waals surface area contributed by atoms with E-state index in [0.29, 0.717) is 52.1 Å². The number of hydrogen-bond acceptors (Lipinski definition) is 6. The molecule has 0 amide bonds. The number of nitrogens with zero attached hydrogens (tertiary/aromatic N) is 5. The maximum Gasteiger partial charge on any atom is 0.330 e. The topological polar surface area (TPSA) is 95.1 Å². The van der Waals surface area contributed by atoms with E-state index < -0.39 is 5.82 Å². The Morgan fingerprint density at radius 3 is 2.70 bits per heavy atom. The Bertz CT molecular complexity index is 1280. The molecule has 8 nitrogen and oxygen atoms in total. The standard InChI is InChI=1S/C21H22FN5O3/c1-12(2)27-19-15-9-14(13-5-6-18(23-11-13)30-8-4-7-28)16(22)10-17(15)24-25-20(19)26(3)21(27)29/h5-6,9-12,28H,4,7-8H2,1-3H3. The number of ether oxygens (including phenoxy) is 1. The zero-order chi connectivity index (χ0) is 21.4. The van der Waals surface area contributed by atoms with Gasteiger partial charge in [0.25, 0.3) is 0 Å². The number of aliphatic hydroxyl groups is 1. The van der Waals surface area contributed by atoms with Crippen LogP contribution in [0.4, 0.5) is 4.39 Å². The normalized spacial score (nSPS) is 11.7. The smallest absolute Gasteiger partial charge is 0.330 e. The van der Waals surface area contributed by atoms with Crippen molar-refractivity contribution in [3.05, 3.63) is 46.8 Å². The molecular weight excluding hydrogens is 389 g/mol. The van der Waals surface area contributed by atoms with Crippen LogP contribution >= 0.6 is 0 Å². The minimum atomic E-state index is -0.457. The third kappa shape index (κ3) is 3.30. The van der Waals surface area contributed by atoms with Crippen molar-refractivity contribution in [1.29, 1.82) is 0 Å². The highest BCUT2D eigenvalue weighted by Gasteiger charge is 2.19. The molecule has 1 aromatic carbocycles. The van der Waals surface area contributed by atoms with E-state index >= 15 is 0 Å². The van der Waals surface area contributed by atoms with Crippen molar-refractivity contribution in [2.45, 2.75) is 26.3 Å². The van der Waals surface area contributed by atoms with E-state index in [2.05, 4.69) is 15.2 Å². The molecule has 0 aliphatic heterocycles. The number of benzene rings is 1. The summed E-state index contributed by atoms with van der Waals surface area (Å²) in [5.41, 5.74) is 2.17. The average Bonchev–Trinajstić information content (AvgIpc) is 2.99. The number of pyridine rings is 1. The summed E-state index contributed by atoms with van der Waals surface area (Å²) >= 11 is 0. The summed E-state index contributed by atoms with van der Waals surface area (Å²) in [6.45, 7) is 4.22. The Labute approximate surface area is 171 Å². The van der Waals surface area contributed by atoms with Crippen molar-refractivity contribution in [3.8, 4) is 17.0 Å². The van der Waals surface area contributed by atoms with Crippen molar-refractivity contribution < 1.29 is 14.2 Å². The molecule has 0 saturated heterocycles. The van der Waals surface area contributed by atoms with Gasteiger partial charge < -0.3 is 9.84 Å². The maximum absolute atomic E-state index is 14.9. The van der Waals surface area contributed by atoms with Gasteiger partial charge in [-0.2, -0.15) is 0 Å². The molecule has 1 N–H and O–H groups in total. The largest absolute Gasteiger partial charge is 0.478 e. The Morgan fingerprint density at radius 1 is 1.23 bits per heavy atom. The van der Waals surface area contributed by atoms with Crippen LogP contribution in [0.15, 0.2) is 35.3 Å². The summed E-state index contributed by atoms with van der Waals surface area (Å²) in [6.07, 6.45) is 2.04.